The monoisotopic (exact) mass is 394 g/mol. The van der Waals surface area contributed by atoms with Crippen LogP contribution in [0.4, 0.5) is 4.79 Å². The van der Waals surface area contributed by atoms with Crippen LogP contribution in [0.25, 0.3) is 0 Å². The van der Waals surface area contributed by atoms with Crippen molar-refractivity contribution in [2.24, 2.45) is 0 Å². The van der Waals surface area contributed by atoms with Gasteiger partial charge in [-0.1, -0.05) is 12.1 Å². The highest BCUT2D eigenvalue weighted by Crippen LogP contribution is 2.33. The van der Waals surface area contributed by atoms with Gasteiger partial charge in [-0.3, -0.25) is 4.79 Å². The first-order valence-electron chi connectivity index (χ1n) is 8.60. The van der Waals surface area contributed by atoms with Crippen LogP contribution in [0.5, 0.6) is 0 Å². The van der Waals surface area contributed by atoms with E-state index in [1.807, 2.05) is 0 Å². The highest BCUT2D eigenvalue weighted by Gasteiger charge is 2.34. The molecule has 2 aromatic rings. The van der Waals surface area contributed by atoms with Crippen LogP contribution < -0.4 is 5.56 Å². The van der Waals surface area contributed by atoms with Crippen molar-refractivity contribution in [1.82, 2.24) is 10.1 Å². The van der Waals surface area contributed by atoms with Crippen molar-refractivity contribution in [3.63, 3.8) is 0 Å². The number of ether oxygens (including phenoxy) is 1. The second-order valence-electron chi connectivity index (χ2n) is 6.77. The lowest BCUT2D eigenvalue weighted by atomic mass is 9.86. The summed E-state index contributed by atoms with van der Waals surface area (Å²) in [6.45, 7) is 0.484. The number of benzene rings is 1. The van der Waals surface area contributed by atoms with Crippen molar-refractivity contribution in [3.8, 4) is 0 Å². The normalized spacial score (nSPS) is 20.4. The number of piperidine rings is 1. The van der Waals surface area contributed by atoms with Crippen LogP contribution in [0, 0.1) is 0 Å². The molecule has 9 heteroatoms. The Kier molecular flexibility index (Phi) is 5.41. The van der Waals surface area contributed by atoms with Crippen molar-refractivity contribution in [2.45, 2.75) is 36.1 Å². The third kappa shape index (κ3) is 4.41. The molecule has 1 aromatic carbocycles. The summed E-state index contributed by atoms with van der Waals surface area (Å²) in [6, 6.07) is 7.94. The fourth-order valence-electron chi connectivity index (χ4n) is 3.50. The summed E-state index contributed by atoms with van der Waals surface area (Å²) in [4.78, 5) is 25.4. The molecule has 1 fully saturated rings. The molecule has 0 bridgehead atoms. The third-order valence-electron chi connectivity index (χ3n) is 4.89. The Labute approximate surface area is 157 Å². The zero-order chi connectivity index (χ0) is 19.6. The maximum absolute atomic E-state index is 12.1. The molecule has 0 unspecified atom stereocenters. The lowest BCUT2D eigenvalue weighted by Crippen LogP contribution is -2.46. The number of carbonyl (C=O) groups is 1. The number of hydrogen-bond acceptors (Lipinski definition) is 6. The average Bonchev–Trinajstić information content (AvgIpc) is 3.07. The van der Waals surface area contributed by atoms with Gasteiger partial charge < -0.3 is 14.2 Å². The van der Waals surface area contributed by atoms with Crippen molar-refractivity contribution in [3.05, 3.63) is 52.0 Å². The number of likely N-dealkylation sites (tertiary alicyclic amines) is 1. The van der Waals surface area contributed by atoms with Gasteiger partial charge in [-0.15, -0.1) is 0 Å². The van der Waals surface area contributed by atoms with Crippen LogP contribution in [-0.2, 0) is 21.0 Å². The number of nitrogens with zero attached hydrogens (tertiary/aromatic N) is 1. The van der Waals surface area contributed by atoms with E-state index >= 15 is 0 Å². The summed E-state index contributed by atoms with van der Waals surface area (Å²) in [5.41, 5.74) is 0.630. The SMILES string of the molecule is COC(=O)N1CC[C@@H](c2cc(=O)[nH]o2)C[C@@H]1Cc1ccc(S(C)(=O)=O)cc1. The Balaban J connectivity index is 1.80. The molecule has 0 saturated carbocycles. The molecule has 1 aliphatic heterocycles. The maximum Gasteiger partial charge on any atom is 0.409 e. The smallest absolute Gasteiger partial charge is 0.409 e. The molecule has 27 heavy (non-hydrogen) atoms. The highest BCUT2D eigenvalue weighted by atomic mass is 32.2. The number of sulfone groups is 1. The van der Waals surface area contributed by atoms with Crippen molar-refractivity contribution >= 4 is 15.9 Å². The van der Waals surface area contributed by atoms with Gasteiger partial charge in [-0.25, -0.2) is 13.2 Å². The lowest BCUT2D eigenvalue weighted by molar-refractivity contribution is 0.0817. The minimum absolute atomic E-state index is 0.0187. The Hall–Kier alpha value is -2.55. The van der Waals surface area contributed by atoms with Gasteiger partial charge in [-0.2, -0.15) is 5.16 Å². The van der Waals surface area contributed by atoms with E-state index in [9.17, 15) is 18.0 Å². The molecule has 8 nitrogen and oxygen atoms in total. The quantitative estimate of drug-likeness (QED) is 0.848. The van der Waals surface area contributed by atoms with E-state index < -0.39 is 15.9 Å². The first-order valence-corrected chi connectivity index (χ1v) is 10.5. The molecule has 146 valence electrons. The summed E-state index contributed by atoms with van der Waals surface area (Å²) in [5, 5.41) is 2.30. The predicted octanol–water partition coefficient (Wildman–Crippen LogP) is 1.93. The number of H-pyrrole nitrogens is 1. The highest BCUT2D eigenvalue weighted by molar-refractivity contribution is 7.90. The number of methoxy groups -OCH3 is 1. The number of hydrogen-bond donors (Lipinski definition) is 1. The fraction of sp³-hybridized carbons (Fsp3) is 0.444. The number of aromatic nitrogens is 1. The molecular formula is C18H22N2O6S. The summed E-state index contributed by atoms with van der Waals surface area (Å²) >= 11 is 0. The Morgan fingerprint density at radius 3 is 2.59 bits per heavy atom. The third-order valence-corrected chi connectivity index (χ3v) is 6.02. The maximum atomic E-state index is 12.1. The first-order chi connectivity index (χ1) is 12.8. The first kappa shape index (κ1) is 19.2. The van der Waals surface area contributed by atoms with Gasteiger partial charge in [0.05, 0.1) is 12.0 Å². The van der Waals surface area contributed by atoms with Crippen molar-refractivity contribution in [1.29, 1.82) is 0 Å². The molecule has 1 amide bonds. The zero-order valence-electron chi connectivity index (χ0n) is 15.2. The summed E-state index contributed by atoms with van der Waals surface area (Å²) < 4.78 is 33.3. The molecule has 1 saturated heterocycles. The van der Waals surface area contributed by atoms with E-state index in [4.69, 9.17) is 9.26 Å². The van der Waals surface area contributed by atoms with E-state index in [-0.39, 0.29) is 22.4 Å². The molecule has 2 atom stereocenters. The second-order valence-corrected chi connectivity index (χ2v) is 8.79. The van der Waals surface area contributed by atoms with Crippen molar-refractivity contribution < 1.29 is 22.5 Å². The van der Waals surface area contributed by atoms with Crippen LogP contribution in [0.2, 0.25) is 0 Å². The van der Waals surface area contributed by atoms with E-state index in [0.717, 1.165) is 11.8 Å². The molecule has 1 aromatic heterocycles. The topological polar surface area (TPSA) is 110 Å². The standard InChI is InChI=1S/C18H22N2O6S/c1-25-18(22)20-8-7-13(16-11-17(21)19-26-16)10-14(20)9-12-3-5-15(6-4-12)27(2,23)24/h3-6,11,13-14H,7-10H2,1-2H3,(H,19,21)/t13-,14+/m1/s1. The molecule has 3 rings (SSSR count). The number of carbonyl (C=O) groups excluding carboxylic acids is 1. The number of aromatic amines is 1. The lowest BCUT2D eigenvalue weighted by Gasteiger charge is -2.38. The molecular weight excluding hydrogens is 372 g/mol. The van der Waals surface area contributed by atoms with Gasteiger partial charge >= 0.3 is 6.09 Å². The van der Waals surface area contributed by atoms with Crippen LogP contribution in [0.15, 0.2) is 44.5 Å². The van der Waals surface area contributed by atoms with Gasteiger partial charge in [0.1, 0.15) is 5.76 Å². The van der Waals surface area contributed by atoms with Crippen LogP contribution >= 0.6 is 0 Å². The largest absolute Gasteiger partial charge is 0.453 e. The average molecular weight is 394 g/mol. The second kappa shape index (κ2) is 7.59. The zero-order valence-corrected chi connectivity index (χ0v) is 16.0. The fourth-order valence-corrected chi connectivity index (χ4v) is 4.13. The Bertz CT molecular complexity index is 960. The molecule has 0 aliphatic carbocycles. The number of amides is 1. The summed E-state index contributed by atoms with van der Waals surface area (Å²) in [6.07, 6.45) is 2.59. The summed E-state index contributed by atoms with van der Waals surface area (Å²) in [5.74, 6) is 0.604. The minimum atomic E-state index is -3.25. The van der Waals surface area contributed by atoms with Gasteiger partial charge in [-0.05, 0) is 37.0 Å². The van der Waals surface area contributed by atoms with Gasteiger partial charge in [0.2, 0.25) is 0 Å². The molecule has 1 aliphatic rings. The van der Waals surface area contributed by atoms with E-state index in [2.05, 4.69) is 5.16 Å². The number of rotatable bonds is 4. The van der Waals surface area contributed by atoms with E-state index in [0.29, 0.717) is 31.6 Å². The number of nitrogens with one attached hydrogen (secondary N) is 1. The summed E-state index contributed by atoms with van der Waals surface area (Å²) in [7, 11) is -1.91. The van der Waals surface area contributed by atoms with Crippen LogP contribution in [-0.4, -0.2) is 50.5 Å². The molecule has 0 spiro atoms. The van der Waals surface area contributed by atoms with Crippen molar-refractivity contribution in [2.75, 3.05) is 19.9 Å². The Morgan fingerprint density at radius 1 is 1.33 bits per heavy atom. The van der Waals surface area contributed by atoms with E-state index in [1.165, 1.54) is 13.2 Å². The molecule has 2 heterocycles. The van der Waals surface area contributed by atoms with E-state index in [1.54, 1.807) is 29.2 Å². The van der Waals surface area contributed by atoms with Gasteiger partial charge in [0, 0.05) is 30.8 Å². The van der Waals surface area contributed by atoms with Gasteiger partial charge in [0.15, 0.2) is 9.84 Å². The van der Waals surface area contributed by atoms with Crippen LogP contribution in [0.1, 0.15) is 30.1 Å². The Morgan fingerprint density at radius 2 is 2.04 bits per heavy atom. The van der Waals surface area contributed by atoms with Crippen LogP contribution in [0.3, 0.4) is 0 Å². The van der Waals surface area contributed by atoms with Gasteiger partial charge in [0.25, 0.3) is 5.56 Å². The minimum Gasteiger partial charge on any atom is -0.453 e. The molecule has 0 radical (unpaired) electrons. The molecule has 1 N–H and O–H groups in total. The predicted molar refractivity (Wildman–Crippen MR) is 97.5 cm³/mol.